The molecule has 0 aliphatic heterocycles. The molecule has 0 N–H and O–H groups in total. The van der Waals surface area contributed by atoms with E-state index in [-0.39, 0.29) is 5.78 Å². The van der Waals surface area contributed by atoms with Gasteiger partial charge >= 0.3 is 0 Å². The van der Waals surface area contributed by atoms with Gasteiger partial charge in [-0.05, 0) is 37.9 Å². The van der Waals surface area contributed by atoms with E-state index >= 15 is 0 Å². The minimum Gasteiger partial charge on any atom is -0.493 e. The molecule has 96 valence electrons. The molecular weight excluding hydrogens is 230 g/mol. The zero-order chi connectivity index (χ0) is 13.4. The SMILES string of the molecule is CCOc1ccc(C)cc1C(=O)CCCN=[N+]=[N-]. The van der Waals surface area contributed by atoms with E-state index in [2.05, 4.69) is 10.0 Å². The summed E-state index contributed by atoms with van der Waals surface area (Å²) in [6.07, 6.45) is 0.922. The molecule has 0 aliphatic rings. The monoisotopic (exact) mass is 247 g/mol. The van der Waals surface area contributed by atoms with Crippen LogP contribution in [0.25, 0.3) is 10.4 Å². The zero-order valence-corrected chi connectivity index (χ0v) is 10.7. The summed E-state index contributed by atoms with van der Waals surface area (Å²) in [6.45, 7) is 4.70. The van der Waals surface area contributed by atoms with Crippen LogP contribution in [0.4, 0.5) is 0 Å². The number of carbonyl (C=O) groups excluding carboxylic acids is 1. The van der Waals surface area contributed by atoms with Crippen molar-refractivity contribution in [1.29, 1.82) is 0 Å². The van der Waals surface area contributed by atoms with E-state index < -0.39 is 0 Å². The highest BCUT2D eigenvalue weighted by Gasteiger charge is 2.12. The highest BCUT2D eigenvalue weighted by Crippen LogP contribution is 2.22. The Balaban J connectivity index is 2.76. The van der Waals surface area contributed by atoms with Gasteiger partial charge in [0.1, 0.15) is 5.75 Å². The lowest BCUT2D eigenvalue weighted by Gasteiger charge is -2.10. The molecule has 5 nitrogen and oxygen atoms in total. The second-order valence-electron chi connectivity index (χ2n) is 3.91. The Kier molecular flexibility index (Phi) is 5.74. The number of benzene rings is 1. The molecule has 0 spiro atoms. The van der Waals surface area contributed by atoms with Crippen molar-refractivity contribution in [2.24, 2.45) is 5.11 Å². The number of rotatable bonds is 7. The van der Waals surface area contributed by atoms with E-state index in [1.165, 1.54) is 0 Å². The molecule has 0 radical (unpaired) electrons. The molecule has 0 aliphatic carbocycles. The standard InChI is InChI=1S/C13H17N3O2/c1-3-18-13-7-6-10(2)9-11(13)12(17)5-4-8-15-16-14/h6-7,9H,3-5,8H2,1-2H3. The van der Waals surface area contributed by atoms with Crippen LogP contribution in [-0.4, -0.2) is 18.9 Å². The summed E-state index contributed by atoms with van der Waals surface area (Å²) in [7, 11) is 0. The van der Waals surface area contributed by atoms with Gasteiger partial charge in [0.05, 0.1) is 12.2 Å². The fraction of sp³-hybridized carbons (Fsp3) is 0.462. The van der Waals surface area contributed by atoms with Crippen molar-refractivity contribution < 1.29 is 9.53 Å². The number of aryl methyl sites for hydroxylation is 1. The number of nitrogens with zero attached hydrogens (tertiary/aromatic N) is 3. The maximum Gasteiger partial charge on any atom is 0.166 e. The zero-order valence-electron chi connectivity index (χ0n) is 10.7. The highest BCUT2D eigenvalue weighted by molar-refractivity contribution is 5.98. The number of Topliss-reactive ketones (excluding diaryl/α,β-unsaturated/α-hetero) is 1. The third-order valence-electron chi connectivity index (χ3n) is 2.46. The summed E-state index contributed by atoms with van der Waals surface area (Å²) in [5.41, 5.74) is 9.79. The van der Waals surface area contributed by atoms with E-state index in [0.717, 1.165) is 5.56 Å². The molecule has 5 heteroatoms. The summed E-state index contributed by atoms with van der Waals surface area (Å²) in [5, 5.41) is 3.41. The number of carbonyl (C=O) groups is 1. The fourth-order valence-corrected chi connectivity index (χ4v) is 1.63. The predicted octanol–water partition coefficient (Wildman–Crippen LogP) is 3.67. The molecule has 18 heavy (non-hydrogen) atoms. The third kappa shape index (κ3) is 4.11. The summed E-state index contributed by atoms with van der Waals surface area (Å²) >= 11 is 0. The molecule has 0 saturated heterocycles. The molecule has 1 aromatic rings. The lowest BCUT2D eigenvalue weighted by atomic mass is 10.0. The number of ketones is 1. The highest BCUT2D eigenvalue weighted by atomic mass is 16.5. The number of azide groups is 1. The van der Waals surface area contributed by atoms with Crippen LogP contribution in [0.15, 0.2) is 23.3 Å². The van der Waals surface area contributed by atoms with Gasteiger partial charge in [-0.1, -0.05) is 16.7 Å². The Morgan fingerprint density at radius 2 is 2.28 bits per heavy atom. The van der Waals surface area contributed by atoms with Crippen molar-refractivity contribution in [2.75, 3.05) is 13.2 Å². The topological polar surface area (TPSA) is 75.1 Å². The molecule has 0 bridgehead atoms. The Labute approximate surface area is 106 Å². The molecule has 1 rings (SSSR count). The van der Waals surface area contributed by atoms with E-state index in [1.54, 1.807) is 0 Å². The smallest absolute Gasteiger partial charge is 0.166 e. The van der Waals surface area contributed by atoms with Crippen LogP contribution in [0.3, 0.4) is 0 Å². The predicted molar refractivity (Wildman–Crippen MR) is 69.9 cm³/mol. The van der Waals surface area contributed by atoms with E-state index in [0.29, 0.717) is 37.3 Å². The first kappa shape index (κ1) is 14.1. The van der Waals surface area contributed by atoms with Crippen LogP contribution < -0.4 is 4.74 Å². The van der Waals surface area contributed by atoms with Crippen LogP contribution in [0, 0.1) is 6.92 Å². The van der Waals surface area contributed by atoms with E-state index in [9.17, 15) is 4.79 Å². The lowest BCUT2D eigenvalue weighted by Crippen LogP contribution is -2.05. The summed E-state index contributed by atoms with van der Waals surface area (Å²) in [6, 6.07) is 5.57. The Hall–Kier alpha value is -2.00. The van der Waals surface area contributed by atoms with Crippen LogP contribution in [0.2, 0.25) is 0 Å². The molecule has 0 atom stereocenters. The lowest BCUT2D eigenvalue weighted by molar-refractivity contribution is 0.0977. The molecular formula is C13H17N3O2. The van der Waals surface area contributed by atoms with Crippen LogP contribution >= 0.6 is 0 Å². The third-order valence-corrected chi connectivity index (χ3v) is 2.46. The largest absolute Gasteiger partial charge is 0.493 e. The first-order valence-corrected chi connectivity index (χ1v) is 5.96. The van der Waals surface area contributed by atoms with Crippen LogP contribution in [0.5, 0.6) is 5.75 Å². The minimum atomic E-state index is 0.0234. The second kappa shape index (κ2) is 7.35. The maximum absolute atomic E-state index is 12.0. The fourth-order valence-electron chi connectivity index (χ4n) is 1.63. The summed E-state index contributed by atoms with van der Waals surface area (Å²) in [5.74, 6) is 0.646. The van der Waals surface area contributed by atoms with Gasteiger partial charge in [0.15, 0.2) is 5.78 Å². The van der Waals surface area contributed by atoms with Gasteiger partial charge in [0, 0.05) is 17.9 Å². The molecule has 0 fully saturated rings. The molecule has 0 saturated carbocycles. The average Bonchev–Trinajstić information content (AvgIpc) is 2.37. The number of ether oxygens (including phenoxy) is 1. The average molecular weight is 247 g/mol. The summed E-state index contributed by atoms with van der Waals surface area (Å²) < 4.78 is 5.44. The van der Waals surface area contributed by atoms with E-state index in [4.69, 9.17) is 10.3 Å². The number of hydrogen-bond donors (Lipinski definition) is 0. The van der Waals surface area contributed by atoms with Gasteiger partial charge in [-0.3, -0.25) is 4.79 Å². The molecule has 1 aromatic carbocycles. The van der Waals surface area contributed by atoms with Crippen molar-refractivity contribution in [1.82, 2.24) is 0 Å². The summed E-state index contributed by atoms with van der Waals surface area (Å²) in [4.78, 5) is 14.7. The van der Waals surface area contributed by atoms with E-state index in [1.807, 2.05) is 32.0 Å². The van der Waals surface area contributed by atoms with Gasteiger partial charge < -0.3 is 4.74 Å². The second-order valence-corrected chi connectivity index (χ2v) is 3.91. The van der Waals surface area contributed by atoms with Crippen molar-refractivity contribution in [2.45, 2.75) is 26.7 Å². The Morgan fingerprint density at radius 3 is 2.94 bits per heavy atom. The first-order valence-electron chi connectivity index (χ1n) is 5.96. The van der Waals surface area contributed by atoms with Crippen molar-refractivity contribution in [3.8, 4) is 5.75 Å². The van der Waals surface area contributed by atoms with Crippen molar-refractivity contribution in [3.63, 3.8) is 0 Å². The quantitative estimate of drug-likeness (QED) is 0.242. The van der Waals surface area contributed by atoms with Gasteiger partial charge in [0.2, 0.25) is 0 Å². The molecule has 0 amide bonds. The van der Waals surface area contributed by atoms with Gasteiger partial charge in [0.25, 0.3) is 0 Å². The van der Waals surface area contributed by atoms with Crippen molar-refractivity contribution in [3.05, 3.63) is 39.8 Å². The number of hydrogen-bond acceptors (Lipinski definition) is 3. The minimum absolute atomic E-state index is 0.0234. The van der Waals surface area contributed by atoms with Gasteiger partial charge in [-0.2, -0.15) is 0 Å². The van der Waals surface area contributed by atoms with Crippen LogP contribution in [-0.2, 0) is 0 Å². The molecule has 0 heterocycles. The van der Waals surface area contributed by atoms with Gasteiger partial charge in [-0.15, -0.1) is 0 Å². The molecule has 0 aromatic heterocycles. The van der Waals surface area contributed by atoms with Gasteiger partial charge in [-0.25, -0.2) is 0 Å². The normalized spacial score (nSPS) is 9.67. The Bertz CT molecular complexity index is 465. The van der Waals surface area contributed by atoms with Crippen LogP contribution in [0.1, 0.15) is 35.7 Å². The van der Waals surface area contributed by atoms with Crippen molar-refractivity contribution >= 4 is 5.78 Å². The maximum atomic E-state index is 12.0. The first-order chi connectivity index (χ1) is 8.69. The molecule has 0 unspecified atom stereocenters. The Morgan fingerprint density at radius 1 is 1.50 bits per heavy atom.